The summed E-state index contributed by atoms with van der Waals surface area (Å²) in [6.07, 6.45) is 2.22. The lowest BCUT2D eigenvalue weighted by Crippen LogP contribution is -2.56. The zero-order chi connectivity index (χ0) is 15.8. The van der Waals surface area contributed by atoms with E-state index >= 15 is 0 Å². The van der Waals surface area contributed by atoms with Gasteiger partial charge < -0.3 is 10.6 Å². The van der Waals surface area contributed by atoms with Gasteiger partial charge in [0, 0.05) is 18.1 Å². The van der Waals surface area contributed by atoms with Gasteiger partial charge in [-0.3, -0.25) is 4.79 Å². The van der Waals surface area contributed by atoms with E-state index in [1.165, 1.54) is 11.1 Å². The van der Waals surface area contributed by atoms with Crippen molar-refractivity contribution < 1.29 is 4.79 Å². The number of hydrogen-bond donors (Lipinski definition) is 1. The number of nitrogens with two attached hydrogens (primary N) is 1. The van der Waals surface area contributed by atoms with E-state index in [0.29, 0.717) is 12.6 Å². The Morgan fingerprint density at radius 3 is 2.38 bits per heavy atom. The fourth-order valence-electron chi connectivity index (χ4n) is 2.39. The maximum Gasteiger partial charge on any atom is 0.230 e. The Bertz CT molecular complexity index is 524. The first kappa shape index (κ1) is 16.0. The molecule has 21 heavy (non-hydrogen) atoms. The van der Waals surface area contributed by atoms with Gasteiger partial charge in [0.1, 0.15) is 0 Å². The molecule has 3 heteroatoms. The van der Waals surface area contributed by atoms with Crippen LogP contribution in [0, 0.1) is 12.3 Å². The van der Waals surface area contributed by atoms with Gasteiger partial charge in [0.2, 0.25) is 5.91 Å². The van der Waals surface area contributed by atoms with Gasteiger partial charge >= 0.3 is 0 Å². The molecule has 0 unspecified atom stereocenters. The number of carbonyl (C=O) groups is 1. The van der Waals surface area contributed by atoms with Gasteiger partial charge in [-0.25, -0.2) is 0 Å². The van der Waals surface area contributed by atoms with Crippen LogP contribution in [0.3, 0.4) is 0 Å². The molecule has 1 aromatic carbocycles. The summed E-state index contributed by atoms with van der Waals surface area (Å²) in [7, 11) is 0. The first-order chi connectivity index (χ1) is 9.63. The molecule has 0 aliphatic heterocycles. The van der Waals surface area contributed by atoms with Crippen LogP contribution in [0.2, 0.25) is 0 Å². The Kier molecular flexibility index (Phi) is 4.16. The predicted molar refractivity (Wildman–Crippen MR) is 86.8 cm³/mol. The Hall–Kier alpha value is -1.35. The SMILES string of the molecule is Cc1cccc(CN(C(=O)C(C)(C)C(C)(C)N)C2CC2)c1. The third-order valence-electron chi connectivity index (χ3n) is 4.83. The second-order valence-electron chi connectivity index (χ2n) is 7.50. The average molecular weight is 288 g/mol. The minimum absolute atomic E-state index is 0.166. The van der Waals surface area contributed by atoms with E-state index < -0.39 is 11.0 Å². The first-order valence-electron chi connectivity index (χ1n) is 7.78. The molecule has 2 N–H and O–H groups in total. The number of hydrogen-bond acceptors (Lipinski definition) is 2. The number of amides is 1. The summed E-state index contributed by atoms with van der Waals surface area (Å²) in [4.78, 5) is 15.1. The molecule has 1 aliphatic rings. The molecule has 1 aromatic rings. The fourth-order valence-corrected chi connectivity index (χ4v) is 2.39. The Labute approximate surface area is 128 Å². The highest BCUT2D eigenvalue weighted by molar-refractivity contribution is 5.84. The van der Waals surface area contributed by atoms with Crippen LogP contribution in [-0.2, 0) is 11.3 Å². The molecule has 1 amide bonds. The van der Waals surface area contributed by atoms with Gasteiger partial charge in [-0.1, -0.05) is 29.8 Å². The lowest BCUT2D eigenvalue weighted by atomic mass is 9.74. The average Bonchev–Trinajstić information content (AvgIpc) is 3.18. The van der Waals surface area contributed by atoms with E-state index in [2.05, 4.69) is 31.2 Å². The second-order valence-corrected chi connectivity index (χ2v) is 7.50. The van der Waals surface area contributed by atoms with Gasteiger partial charge in [0.05, 0.1) is 5.41 Å². The Morgan fingerprint density at radius 2 is 1.90 bits per heavy atom. The summed E-state index contributed by atoms with van der Waals surface area (Å²) in [6, 6.07) is 8.77. The predicted octanol–water partition coefficient (Wildman–Crippen LogP) is 3.25. The molecule has 1 aliphatic carbocycles. The molecule has 0 aromatic heterocycles. The third-order valence-corrected chi connectivity index (χ3v) is 4.83. The molecule has 0 bridgehead atoms. The van der Waals surface area contributed by atoms with Crippen LogP contribution in [0.25, 0.3) is 0 Å². The molecule has 1 fully saturated rings. The van der Waals surface area contributed by atoms with E-state index in [0.717, 1.165) is 12.8 Å². The second kappa shape index (κ2) is 5.45. The lowest BCUT2D eigenvalue weighted by Gasteiger charge is -2.41. The van der Waals surface area contributed by atoms with Crippen LogP contribution in [0.5, 0.6) is 0 Å². The van der Waals surface area contributed by atoms with Crippen molar-refractivity contribution in [2.45, 2.75) is 65.6 Å². The van der Waals surface area contributed by atoms with Crippen LogP contribution in [0.4, 0.5) is 0 Å². The zero-order valence-electron chi connectivity index (χ0n) is 13.9. The first-order valence-corrected chi connectivity index (χ1v) is 7.78. The number of aryl methyl sites for hydroxylation is 1. The topological polar surface area (TPSA) is 46.3 Å². The summed E-state index contributed by atoms with van der Waals surface area (Å²) in [5, 5.41) is 0. The molecule has 0 radical (unpaired) electrons. The number of carbonyl (C=O) groups excluding carboxylic acids is 1. The monoisotopic (exact) mass is 288 g/mol. The quantitative estimate of drug-likeness (QED) is 0.904. The van der Waals surface area contributed by atoms with Gasteiger partial charge in [-0.15, -0.1) is 0 Å². The minimum Gasteiger partial charge on any atom is -0.335 e. The van der Waals surface area contributed by atoms with Gasteiger partial charge in [0.25, 0.3) is 0 Å². The van der Waals surface area contributed by atoms with Crippen molar-refractivity contribution in [2.24, 2.45) is 11.1 Å². The summed E-state index contributed by atoms with van der Waals surface area (Å²) < 4.78 is 0. The van der Waals surface area contributed by atoms with E-state index in [9.17, 15) is 4.79 Å². The normalized spacial score (nSPS) is 15.9. The Balaban J connectivity index is 2.22. The smallest absolute Gasteiger partial charge is 0.230 e. The molecule has 1 saturated carbocycles. The summed E-state index contributed by atoms with van der Waals surface area (Å²) in [5.41, 5.74) is 7.56. The number of nitrogens with zero attached hydrogens (tertiary/aromatic N) is 1. The van der Waals surface area contributed by atoms with Crippen LogP contribution < -0.4 is 5.73 Å². The van der Waals surface area contributed by atoms with Crippen molar-refractivity contribution in [1.82, 2.24) is 4.90 Å². The number of benzene rings is 1. The van der Waals surface area contributed by atoms with Crippen molar-refractivity contribution in [1.29, 1.82) is 0 Å². The van der Waals surface area contributed by atoms with Crippen molar-refractivity contribution >= 4 is 5.91 Å². The molecule has 2 rings (SSSR count). The van der Waals surface area contributed by atoms with Crippen LogP contribution >= 0.6 is 0 Å². The van der Waals surface area contributed by atoms with Crippen LogP contribution in [0.15, 0.2) is 24.3 Å². The van der Waals surface area contributed by atoms with Gasteiger partial charge in [0.15, 0.2) is 0 Å². The Morgan fingerprint density at radius 1 is 1.29 bits per heavy atom. The zero-order valence-corrected chi connectivity index (χ0v) is 13.9. The van der Waals surface area contributed by atoms with Crippen molar-refractivity contribution in [3.05, 3.63) is 35.4 Å². The standard InChI is InChI=1S/C18H28N2O/c1-13-7-6-8-14(11-13)12-20(15-9-10-15)16(21)17(2,3)18(4,5)19/h6-8,11,15H,9-10,12,19H2,1-5H3. The van der Waals surface area contributed by atoms with Gasteiger partial charge in [-0.05, 0) is 53.0 Å². The highest BCUT2D eigenvalue weighted by atomic mass is 16.2. The van der Waals surface area contributed by atoms with Crippen molar-refractivity contribution in [3.63, 3.8) is 0 Å². The summed E-state index contributed by atoms with van der Waals surface area (Å²) in [5.74, 6) is 0.166. The van der Waals surface area contributed by atoms with Crippen LogP contribution in [-0.4, -0.2) is 22.4 Å². The molecule has 116 valence electrons. The van der Waals surface area contributed by atoms with E-state index in [-0.39, 0.29) is 5.91 Å². The van der Waals surface area contributed by atoms with E-state index in [1.807, 2.05) is 32.6 Å². The molecular weight excluding hydrogens is 260 g/mol. The third kappa shape index (κ3) is 3.46. The van der Waals surface area contributed by atoms with Crippen molar-refractivity contribution in [3.8, 4) is 0 Å². The fraction of sp³-hybridized carbons (Fsp3) is 0.611. The molecule has 0 spiro atoms. The van der Waals surface area contributed by atoms with E-state index in [4.69, 9.17) is 5.73 Å². The highest BCUT2D eigenvalue weighted by Gasteiger charge is 2.46. The maximum absolute atomic E-state index is 13.0. The van der Waals surface area contributed by atoms with E-state index in [1.54, 1.807) is 0 Å². The summed E-state index contributed by atoms with van der Waals surface area (Å²) in [6.45, 7) is 10.6. The van der Waals surface area contributed by atoms with Crippen molar-refractivity contribution in [2.75, 3.05) is 0 Å². The number of rotatable bonds is 5. The van der Waals surface area contributed by atoms with Gasteiger partial charge in [-0.2, -0.15) is 0 Å². The lowest BCUT2D eigenvalue weighted by molar-refractivity contribution is -0.144. The van der Waals surface area contributed by atoms with Crippen LogP contribution in [0.1, 0.15) is 51.7 Å². The summed E-state index contributed by atoms with van der Waals surface area (Å²) >= 11 is 0. The molecule has 0 heterocycles. The molecule has 0 atom stereocenters. The maximum atomic E-state index is 13.0. The molecule has 3 nitrogen and oxygen atoms in total. The minimum atomic E-state index is -0.570. The highest BCUT2D eigenvalue weighted by Crippen LogP contribution is 2.36. The molecular formula is C18H28N2O. The molecule has 0 saturated heterocycles. The largest absolute Gasteiger partial charge is 0.335 e.